The molecule has 0 radical (unpaired) electrons. The molecule has 16 aromatic rings. The first kappa shape index (κ1) is 39.7. The van der Waals surface area contributed by atoms with Crippen LogP contribution in [-0.2, 0) is 0 Å². The number of hydrogen-bond acceptors (Lipinski definition) is 1. The molecular formula is C67H41N6-. The number of aromatic nitrogens is 5. The molecule has 16 rings (SSSR count). The fourth-order valence-corrected chi connectivity index (χ4v) is 12.7. The molecule has 0 saturated carbocycles. The molecule has 0 saturated heterocycles. The molecular weight excluding hydrogens is 889 g/mol. The van der Waals surface area contributed by atoms with Gasteiger partial charge in [0.2, 0.25) is 0 Å². The Morgan fingerprint density at radius 1 is 0.205 bits per heavy atom. The fraction of sp³-hybridized carbons (Fsp3) is 0. The third kappa shape index (κ3) is 5.24. The lowest BCUT2D eigenvalue weighted by Crippen LogP contribution is -2.18. The van der Waals surface area contributed by atoms with Gasteiger partial charge in [-0.25, -0.2) is 0 Å². The van der Waals surface area contributed by atoms with Gasteiger partial charge in [0.15, 0.2) is 0 Å². The van der Waals surface area contributed by atoms with Crippen molar-refractivity contribution in [3.05, 3.63) is 248 Å². The zero-order valence-corrected chi connectivity index (χ0v) is 39.3. The van der Waals surface area contributed by atoms with Crippen LogP contribution < -0.4 is 0 Å². The van der Waals surface area contributed by atoms with Gasteiger partial charge in [0.25, 0.3) is 0 Å². The number of nitriles is 1. The van der Waals surface area contributed by atoms with Gasteiger partial charge in [-0.2, -0.15) is 5.26 Å². The predicted octanol–water partition coefficient (Wildman–Crippen LogP) is 17.2. The van der Waals surface area contributed by atoms with Crippen LogP contribution in [0.1, 0.15) is 6.99 Å². The van der Waals surface area contributed by atoms with E-state index in [0.717, 1.165) is 137 Å². The summed E-state index contributed by atoms with van der Waals surface area (Å²) in [5.74, 6) is 0. The van der Waals surface area contributed by atoms with E-state index in [1.807, 2.05) is 0 Å². The molecule has 0 aliphatic rings. The predicted molar refractivity (Wildman–Crippen MR) is 304 cm³/mol. The minimum absolute atomic E-state index is 0. The molecule has 0 bridgehead atoms. The first-order valence-corrected chi connectivity index (χ1v) is 24.9. The van der Waals surface area contributed by atoms with Crippen LogP contribution in [0.5, 0.6) is 0 Å². The Bertz CT molecular complexity index is 4550. The summed E-state index contributed by atoms with van der Waals surface area (Å²) >= 11 is 0. The molecule has 0 fully saturated rings. The van der Waals surface area contributed by atoms with E-state index >= 15 is 0 Å². The molecule has 5 heterocycles. The highest BCUT2D eigenvalue weighted by Crippen LogP contribution is 2.51. The van der Waals surface area contributed by atoms with Crippen molar-refractivity contribution in [2.45, 2.75) is 0 Å². The fourth-order valence-electron chi connectivity index (χ4n) is 12.7. The molecule has 11 aromatic carbocycles. The topological polar surface area (TPSA) is 48.4 Å². The van der Waals surface area contributed by atoms with Crippen molar-refractivity contribution in [3.8, 4) is 34.5 Å². The van der Waals surface area contributed by atoms with Crippen LogP contribution in [0.25, 0.3) is 137 Å². The summed E-state index contributed by atoms with van der Waals surface area (Å²) in [4.78, 5) is 0. The van der Waals surface area contributed by atoms with Gasteiger partial charge in [-0.15, -0.1) is 0 Å². The first-order valence-electron chi connectivity index (χ1n) is 24.9. The Hall–Kier alpha value is -10.1. The minimum atomic E-state index is 0. The smallest absolute Gasteiger partial charge is 0.105 e. The maximum Gasteiger partial charge on any atom is 0.105 e. The Balaban J connectivity index is 0.00000484. The molecule has 0 amide bonds. The van der Waals surface area contributed by atoms with Gasteiger partial charge in [0, 0.05) is 53.9 Å². The Morgan fingerprint density at radius 2 is 0.342 bits per heavy atom. The van der Waals surface area contributed by atoms with Crippen LogP contribution in [0, 0.1) is 11.3 Å². The largest absolute Gasteiger partial charge is 1.00 e. The number of fused-ring (bicyclic) bond motifs is 15. The maximum atomic E-state index is 12.8. The van der Waals surface area contributed by atoms with Crippen molar-refractivity contribution in [1.29, 1.82) is 5.26 Å². The molecule has 6 heteroatoms. The normalized spacial score (nSPS) is 12.1. The van der Waals surface area contributed by atoms with Crippen molar-refractivity contribution in [2.75, 3.05) is 0 Å². The summed E-state index contributed by atoms with van der Waals surface area (Å²) in [7, 11) is 0. The number of hydrogen-bond donors (Lipinski definition) is 0. The van der Waals surface area contributed by atoms with Crippen molar-refractivity contribution in [3.63, 3.8) is 0 Å². The lowest BCUT2D eigenvalue weighted by molar-refractivity contribution is 0.992. The molecule has 0 spiro atoms. The Kier molecular flexibility index (Phi) is 8.14. The summed E-state index contributed by atoms with van der Waals surface area (Å²) in [6.07, 6.45) is 0. The second-order valence-corrected chi connectivity index (χ2v) is 19.1. The van der Waals surface area contributed by atoms with Crippen LogP contribution >= 0.6 is 0 Å². The van der Waals surface area contributed by atoms with Crippen LogP contribution in [0.2, 0.25) is 0 Å². The SMILES string of the molecule is N#Cc1c(-n2c3ccccc3c3ccccc32)c(-n2c3ccccc3c3ccccc32)c(-n2c3ccccc3c3ccccc32)c(-n2c3ccccc3c3ccccc32)c1-n1c2ccccc2c2ccccc21.[2H-]. The van der Waals surface area contributed by atoms with Gasteiger partial charge in [0.05, 0.1) is 83.6 Å². The summed E-state index contributed by atoms with van der Waals surface area (Å²) in [6.45, 7) is 0. The van der Waals surface area contributed by atoms with E-state index in [4.69, 9.17) is 0 Å². The molecule has 0 unspecified atom stereocenters. The molecule has 0 aliphatic carbocycles. The minimum Gasteiger partial charge on any atom is -1.00 e. The lowest BCUT2D eigenvalue weighted by Gasteiger charge is -2.30. The molecule has 0 aliphatic heterocycles. The van der Waals surface area contributed by atoms with E-state index in [1.54, 1.807) is 0 Å². The van der Waals surface area contributed by atoms with Gasteiger partial charge in [0.1, 0.15) is 11.6 Å². The van der Waals surface area contributed by atoms with E-state index in [0.29, 0.717) is 5.56 Å². The van der Waals surface area contributed by atoms with Crippen LogP contribution in [0.3, 0.4) is 0 Å². The van der Waals surface area contributed by atoms with Crippen molar-refractivity contribution >= 4 is 109 Å². The molecule has 6 nitrogen and oxygen atoms in total. The number of benzene rings is 11. The lowest BCUT2D eigenvalue weighted by atomic mass is 10.0. The van der Waals surface area contributed by atoms with Crippen LogP contribution in [0.4, 0.5) is 0 Å². The highest BCUT2D eigenvalue weighted by atomic mass is 15.2. The maximum absolute atomic E-state index is 12.8. The third-order valence-corrected chi connectivity index (χ3v) is 15.5. The van der Waals surface area contributed by atoms with Gasteiger partial charge < -0.3 is 24.3 Å². The summed E-state index contributed by atoms with van der Waals surface area (Å²) in [5, 5.41) is 24.1. The Morgan fingerprint density at radius 3 is 0.507 bits per heavy atom. The molecule has 340 valence electrons. The van der Waals surface area contributed by atoms with Crippen LogP contribution in [-0.4, -0.2) is 22.8 Å². The van der Waals surface area contributed by atoms with E-state index in [2.05, 4.69) is 272 Å². The average molecular weight is 931 g/mol. The van der Waals surface area contributed by atoms with Gasteiger partial charge in [-0.1, -0.05) is 182 Å². The highest BCUT2D eigenvalue weighted by Gasteiger charge is 2.36. The first-order chi connectivity index (χ1) is 36.3. The summed E-state index contributed by atoms with van der Waals surface area (Å²) < 4.78 is 12.2. The number of para-hydroxylation sites is 10. The second kappa shape index (κ2) is 15.0. The summed E-state index contributed by atoms with van der Waals surface area (Å²) in [6, 6.07) is 90.4. The van der Waals surface area contributed by atoms with Gasteiger partial charge in [-0.3, -0.25) is 0 Å². The zero-order valence-electron chi connectivity index (χ0n) is 40.3. The van der Waals surface area contributed by atoms with Crippen LogP contribution in [0.15, 0.2) is 243 Å². The van der Waals surface area contributed by atoms with Gasteiger partial charge >= 0.3 is 0 Å². The standard InChI is InChI=1S/C67H40N6.H/c68-41-52-63(69-53-31-11-1-21-42(53)43-22-2-12-32-54(43)69)65(71-57-35-15-5-25-46(57)47-26-6-16-36-58(47)71)67(73-61-39-19-9-29-50(61)51-30-10-20-40-62(51)73)66(72-59-37-17-7-27-48(59)49-28-8-18-38-60(49)72)64(52)70-55-33-13-3-23-44(55)45-24-4-14-34-56(45)70;/h1-40H;/q;-1/i;1+1. The van der Waals surface area contributed by atoms with Crippen molar-refractivity contribution in [1.82, 2.24) is 22.8 Å². The second-order valence-electron chi connectivity index (χ2n) is 19.1. The molecule has 0 N–H and O–H groups in total. The van der Waals surface area contributed by atoms with E-state index in [-0.39, 0.29) is 1.43 Å². The Labute approximate surface area is 419 Å². The highest BCUT2D eigenvalue weighted by molar-refractivity contribution is 6.18. The van der Waals surface area contributed by atoms with E-state index < -0.39 is 0 Å². The molecule has 5 aromatic heterocycles. The number of rotatable bonds is 5. The summed E-state index contributed by atoms with van der Waals surface area (Å²) in [5.41, 5.74) is 15.1. The monoisotopic (exact) mass is 930 g/mol. The van der Waals surface area contributed by atoms with Crippen molar-refractivity contribution in [2.24, 2.45) is 0 Å². The number of nitrogens with zero attached hydrogens (tertiary/aromatic N) is 6. The molecule has 73 heavy (non-hydrogen) atoms. The van der Waals surface area contributed by atoms with E-state index in [1.165, 1.54) is 0 Å². The van der Waals surface area contributed by atoms with Gasteiger partial charge in [-0.05, 0) is 60.7 Å². The zero-order chi connectivity index (χ0) is 47.9. The van der Waals surface area contributed by atoms with Crippen molar-refractivity contribution < 1.29 is 1.43 Å². The van der Waals surface area contributed by atoms with E-state index in [9.17, 15) is 5.26 Å². The quantitative estimate of drug-likeness (QED) is 0.170. The molecule has 0 atom stereocenters. The average Bonchev–Trinajstić information content (AvgIpc) is 4.25. The third-order valence-electron chi connectivity index (χ3n) is 15.5.